The first-order valence-corrected chi connectivity index (χ1v) is 7.59. The molecule has 4 nitrogen and oxygen atoms in total. The van der Waals surface area contributed by atoms with Gasteiger partial charge in [0.15, 0.2) is 0 Å². The summed E-state index contributed by atoms with van der Waals surface area (Å²) < 4.78 is 2.15. The number of rotatable bonds is 7. The second-order valence-electron chi connectivity index (χ2n) is 5.85. The molecule has 0 spiro atoms. The Bertz CT molecular complexity index is 601. The second-order valence-corrected chi connectivity index (χ2v) is 5.85. The van der Waals surface area contributed by atoms with Crippen molar-refractivity contribution in [2.45, 2.75) is 33.4 Å². The average Bonchev–Trinajstić information content (AvgIpc) is 2.87. The molecular formula is C17H25N3O. The van der Waals surface area contributed by atoms with Crippen LogP contribution in [0.3, 0.4) is 0 Å². The lowest BCUT2D eigenvalue weighted by atomic mass is 10.1. The van der Waals surface area contributed by atoms with Crippen molar-refractivity contribution in [3.05, 3.63) is 36.0 Å². The molecule has 0 saturated heterocycles. The zero-order valence-electron chi connectivity index (χ0n) is 13.1. The highest BCUT2D eigenvalue weighted by Crippen LogP contribution is 2.18. The molecular weight excluding hydrogens is 262 g/mol. The summed E-state index contributed by atoms with van der Waals surface area (Å²) in [6, 6.07) is 8.63. The molecule has 2 N–H and O–H groups in total. The SMILES string of the molecule is CNC(=O)CCn1ccc2ccc(CNCC(C)C)cc21. The Morgan fingerprint density at radius 3 is 2.81 bits per heavy atom. The zero-order valence-corrected chi connectivity index (χ0v) is 13.1. The molecule has 2 aromatic rings. The summed E-state index contributed by atoms with van der Waals surface area (Å²) in [5.41, 5.74) is 2.48. The van der Waals surface area contributed by atoms with E-state index in [0.29, 0.717) is 18.9 Å². The van der Waals surface area contributed by atoms with Crippen LogP contribution in [0.5, 0.6) is 0 Å². The maximum absolute atomic E-state index is 11.4. The summed E-state index contributed by atoms with van der Waals surface area (Å²) >= 11 is 0. The van der Waals surface area contributed by atoms with E-state index in [2.05, 4.69) is 59.5 Å². The lowest BCUT2D eigenvalue weighted by molar-refractivity contribution is -0.120. The Balaban J connectivity index is 2.07. The van der Waals surface area contributed by atoms with Gasteiger partial charge in [0.2, 0.25) is 5.91 Å². The number of fused-ring (bicyclic) bond motifs is 1. The first kappa shape index (κ1) is 15.6. The van der Waals surface area contributed by atoms with Gasteiger partial charge in [0.25, 0.3) is 0 Å². The van der Waals surface area contributed by atoms with Crippen LogP contribution in [0.25, 0.3) is 10.9 Å². The summed E-state index contributed by atoms with van der Waals surface area (Å²) in [6.45, 7) is 7.04. The molecule has 0 bridgehead atoms. The third-order valence-corrected chi connectivity index (χ3v) is 3.58. The van der Waals surface area contributed by atoms with E-state index in [1.807, 2.05) is 0 Å². The number of aryl methyl sites for hydroxylation is 1. The molecule has 0 atom stereocenters. The number of hydrogen-bond acceptors (Lipinski definition) is 2. The molecule has 1 aromatic carbocycles. The van der Waals surface area contributed by atoms with Crippen molar-refractivity contribution in [2.24, 2.45) is 5.92 Å². The molecule has 4 heteroatoms. The van der Waals surface area contributed by atoms with Gasteiger partial charge in [-0.2, -0.15) is 0 Å². The number of nitrogens with one attached hydrogen (secondary N) is 2. The van der Waals surface area contributed by atoms with E-state index in [4.69, 9.17) is 0 Å². The van der Waals surface area contributed by atoms with Gasteiger partial charge in [-0.05, 0) is 35.5 Å². The number of nitrogens with zero attached hydrogens (tertiary/aromatic N) is 1. The Morgan fingerprint density at radius 2 is 2.10 bits per heavy atom. The molecule has 0 aliphatic heterocycles. The largest absolute Gasteiger partial charge is 0.359 e. The molecule has 0 saturated carbocycles. The van der Waals surface area contributed by atoms with Crippen molar-refractivity contribution in [1.82, 2.24) is 15.2 Å². The zero-order chi connectivity index (χ0) is 15.2. The van der Waals surface area contributed by atoms with Crippen LogP contribution >= 0.6 is 0 Å². The van der Waals surface area contributed by atoms with Crippen LogP contribution in [-0.2, 0) is 17.9 Å². The minimum Gasteiger partial charge on any atom is -0.359 e. The van der Waals surface area contributed by atoms with Crippen molar-refractivity contribution in [3.63, 3.8) is 0 Å². The Labute approximate surface area is 126 Å². The van der Waals surface area contributed by atoms with Gasteiger partial charge in [-0.3, -0.25) is 4.79 Å². The fourth-order valence-electron chi connectivity index (χ4n) is 2.39. The van der Waals surface area contributed by atoms with Crippen LogP contribution in [0.2, 0.25) is 0 Å². The van der Waals surface area contributed by atoms with E-state index in [0.717, 1.165) is 13.1 Å². The Morgan fingerprint density at radius 1 is 1.29 bits per heavy atom. The summed E-state index contributed by atoms with van der Waals surface area (Å²) in [5, 5.41) is 7.35. The van der Waals surface area contributed by atoms with Crippen molar-refractivity contribution >= 4 is 16.8 Å². The minimum absolute atomic E-state index is 0.0756. The fourth-order valence-corrected chi connectivity index (χ4v) is 2.39. The van der Waals surface area contributed by atoms with Gasteiger partial charge in [-0.1, -0.05) is 26.0 Å². The first-order valence-electron chi connectivity index (χ1n) is 7.59. The molecule has 114 valence electrons. The molecule has 21 heavy (non-hydrogen) atoms. The molecule has 2 rings (SSSR count). The fraction of sp³-hybridized carbons (Fsp3) is 0.471. The lowest BCUT2D eigenvalue weighted by Gasteiger charge is -2.09. The van der Waals surface area contributed by atoms with Crippen LogP contribution in [-0.4, -0.2) is 24.1 Å². The molecule has 1 aromatic heterocycles. The molecule has 0 aliphatic carbocycles. The van der Waals surface area contributed by atoms with Gasteiger partial charge in [0, 0.05) is 38.3 Å². The van der Waals surface area contributed by atoms with E-state index in [1.54, 1.807) is 7.05 Å². The van der Waals surface area contributed by atoms with Crippen molar-refractivity contribution in [3.8, 4) is 0 Å². The summed E-state index contributed by atoms with van der Waals surface area (Å²) in [7, 11) is 1.68. The number of aromatic nitrogens is 1. The van der Waals surface area contributed by atoms with Gasteiger partial charge < -0.3 is 15.2 Å². The number of carbonyl (C=O) groups excluding carboxylic acids is 1. The summed E-state index contributed by atoms with van der Waals surface area (Å²) in [6.07, 6.45) is 2.56. The topological polar surface area (TPSA) is 46.1 Å². The summed E-state index contributed by atoms with van der Waals surface area (Å²) in [4.78, 5) is 11.4. The van der Waals surface area contributed by atoms with Crippen molar-refractivity contribution in [2.75, 3.05) is 13.6 Å². The van der Waals surface area contributed by atoms with E-state index < -0.39 is 0 Å². The van der Waals surface area contributed by atoms with E-state index in [9.17, 15) is 4.79 Å². The maximum atomic E-state index is 11.4. The van der Waals surface area contributed by atoms with Crippen LogP contribution in [0, 0.1) is 5.92 Å². The third kappa shape index (κ3) is 4.33. The quantitative estimate of drug-likeness (QED) is 0.822. The highest BCUT2D eigenvalue weighted by atomic mass is 16.1. The maximum Gasteiger partial charge on any atom is 0.221 e. The lowest BCUT2D eigenvalue weighted by Crippen LogP contribution is -2.19. The van der Waals surface area contributed by atoms with E-state index in [1.165, 1.54) is 16.5 Å². The number of carbonyl (C=O) groups is 1. The van der Waals surface area contributed by atoms with Gasteiger partial charge in [-0.25, -0.2) is 0 Å². The molecule has 0 fully saturated rings. The van der Waals surface area contributed by atoms with Gasteiger partial charge in [-0.15, -0.1) is 0 Å². The van der Waals surface area contributed by atoms with E-state index in [-0.39, 0.29) is 5.91 Å². The molecule has 0 aliphatic rings. The molecule has 0 unspecified atom stereocenters. The smallest absolute Gasteiger partial charge is 0.221 e. The predicted octanol–water partition coefficient (Wildman–Crippen LogP) is 2.52. The molecule has 1 heterocycles. The highest BCUT2D eigenvalue weighted by molar-refractivity contribution is 5.81. The normalized spacial score (nSPS) is 11.2. The number of amides is 1. The van der Waals surface area contributed by atoms with Gasteiger partial charge in [0.05, 0.1) is 0 Å². The third-order valence-electron chi connectivity index (χ3n) is 3.58. The molecule has 1 amide bonds. The first-order chi connectivity index (χ1) is 10.1. The average molecular weight is 287 g/mol. The van der Waals surface area contributed by atoms with E-state index >= 15 is 0 Å². The Hall–Kier alpha value is -1.81. The van der Waals surface area contributed by atoms with Crippen LogP contribution in [0.4, 0.5) is 0 Å². The minimum atomic E-state index is 0.0756. The van der Waals surface area contributed by atoms with Gasteiger partial charge >= 0.3 is 0 Å². The van der Waals surface area contributed by atoms with Crippen LogP contribution < -0.4 is 10.6 Å². The highest BCUT2D eigenvalue weighted by Gasteiger charge is 2.05. The summed E-state index contributed by atoms with van der Waals surface area (Å²) in [5.74, 6) is 0.733. The van der Waals surface area contributed by atoms with Crippen molar-refractivity contribution < 1.29 is 4.79 Å². The molecule has 0 radical (unpaired) electrons. The Kier molecular flexibility index (Phi) is 5.39. The number of benzene rings is 1. The van der Waals surface area contributed by atoms with Crippen LogP contribution in [0.15, 0.2) is 30.5 Å². The van der Waals surface area contributed by atoms with Gasteiger partial charge in [0.1, 0.15) is 0 Å². The number of hydrogen-bond donors (Lipinski definition) is 2. The van der Waals surface area contributed by atoms with Crippen molar-refractivity contribution in [1.29, 1.82) is 0 Å². The van der Waals surface area contributed by atoms with Crippen LogP contribution in [0.1, 0.15) is 25.8 Å². The second kappa shape index (κ2) is 7.27. The predicted molar refractivity (Wildman–Crippen MR) is 87.2 cm³/mol. The monoisotopic (exact) mass is 287 g/mol. The standard InChI is InChI=1S/C17H25N3O/c1-13(2)11-19-12-14-4-5-15-6-8-20(16(15)10-14)9-7-17(21)18-3/h4-6,8,10,13,19H,7,9,11-12H2,1-3H3,(H,18,21).